The Morgan fingerprint density at radius 3 is 2.00 bits per heavy atom. The molecule has 2 atom stereocenters. The van der Waals surface area contributed by atoms with E-state index in [4.69, 9.17) is 0 Å². The average Bonchev–Trinajstić information content (AvgIpc) is 2.56. The molecule has 2 aromatic rings. The van der Waals surface area contributed by atoms with E-state index >= 15 is 0 Å². The van der Waals surface area contributed by atoms with Gasteiger partial charge in [-0.25, -0.2) is 4.79 Å². The fourth-order valence-electron chi connectivity index (χ4n) is 3.20. The molecule has 2 aromatic carbocycles. The summed E-state index contributed by atoms with van der Waals surface area (Å²) in [7, 11) is 0. The van der Waals surface area contributed by atoms with Crippen LogP contribution in [0.4, 0.5) is 0 Å². The largest absolute Gasteiger partial charge is 0.504 e. The minimum Gasteiger partial charge on any atom is -0.504 e. The monoisotopic (exact) mass is 358 g/mol. The van der Waals surface area contributed by atoms with Crippen LogP contribution in [0.5, 0.6) is 23.0 Å². The van der Waals surface area contributed by atoms with Gasteiger partial charge >= 0.3 is 11.9 Å². The molecule has 1 aliphatic rings. The van der Waals surface area contributed by atoms with Crippen LogP contribution in [0.25, 0.3) is 6.08 Å². The second kappa shape index (κ2) is 5.99. The summed E-state index contributed by atoms with van der Waals surface area (Å²) in [5.41, 5.74) is 0.314. The molecule has 26 heavy (non-hydrogen) atoms. The Hall–Kier alpha value is -3.68. The van der Waals surface area contributed by atoms with Crippen LogP contribution in [-0.4, -0.2) is 42.6 Å². The maximum absolute atomic E-state index is 11.8. The Bertz CT molecular complexity index is 960. The molecule has 0 saturated heterocycles. The van der Waals surface area contributed by atoms with Gasteiger partial charge in [0.2, 0.25) is 0 Å². The Morgan fingerprint density at radius 2 is 1.42 bits per heavy atom. The van der Waals surface area contributed by atoms with Crippen LogP contribution in [0.1, 0.15) is 22.6 Å². The summed E-state index contributed by atoms with van der Waals surface area (Å²) in [6.45, 7) is 0. The molecule has 1 aliphatic carbocycles. The van der Waals surface area contributed by atoms with Gasteiger partial charge in [-0.05, 0) is 47.0 Å². The number of phenolic OH excluding ortho intramolecular Hbond substituents is 4. The molecule has 134 valence electrons. The zero-order valence-electron chi connectivity index (χ0n) is 13.1. The van der Waals surface area contributed by atoms with Crippen molar-refractivity contribution in [3.05, 3.63) is 52.6 Å². The Balaban J connectivity index is 2.33. The lowest BCUT2D eigenvalue weighted by atomic mass is 9.71. The minimum atomic E-state index is -1.51. The maximum Gasteiger partial charge on any atom is 0.332 e. The van der Waals surface area contributed by atoms with Gasteiger partial charge in [-0.1, -0.05) is 6.07 Å². The number of fused-ring (bicyclic) bond motifs is 1. The maximum atomic E-state index is 11.8. The van der Waals surface area contributed by atoms with E-state index in [-0.39, 0.29) is 16.7 Å². The van der Waals surface area contributed by atoms with Crippen LogP contribution in [0, 0.1) is 5.92 Å². The molecule has 0 saturated carbocycles. The number of carbonyl (C=O) groups is 2. The van der Waals surface area contributed by atoms with Gasteiger partial charge in [-0.3, -0.25) is 4.79 Å². The lowest BCUT2D eigenvalue weighted by molar-refractivity contribution is -0.144. The first-order chi connectivity index (χ1) is 12.2. The van der Waals surface area contributed by atoms with Gasteiger partial charge in [-0.2, -0.15) is 0 Å². The predicted octanol–water partition coefficient (Wildman–Crippen LogP) is 1.82. The van der Waals surface area contributed by atoms with Crippen LogP contribution in [0.3, 0.4) is 0 Å². The Morgan fingerprint density at radius 1 is 0.808 bits per heavy atom. The van der Waals surface area contributed by atoms with Gasteiger partial charge in [0.25, 0.3) is 0 Å². The van der Waals surface area contributed by atoms with Crippen molar-refractivity contribution < 1.29 is 40.2 Å². The summed E-state index contributed by atoms with van der Waals surface area (Å²) in [4.78, 5) is 23.4. The number of hydrogen-bond acceptors (Lipinski definition) is 6. The molecular weight excluding hydrogens is 344 g/mol. The van der Waals surface area contributed by atoms with Crippen molar-refractivity contribution in [2.75, 3.05) is 0 Å². The number of benzene rings is 2. The molecular formula is C18H14O8. The first-order valence-electron chi connectivity index (χ1n) is 7.46. The summed E-state index contributed by atoms with van der Waals surface area (Å²) >= 11 is 0. The van der Waals surface area contributed by atoms with Crippen molar-refractivity contribution in [2.24, 2.45) is 5.92 Å². The lowest BCUT2D eigenvalue weighted by Crippen LogP contribution is -2.31. The smallest absolute Gasteiger partial charge is 0.332 e. The summed E-state index contributed by atoms with van der Waals surface area (Å²) in [5, 5.41) is 57.8. The van der Waals surface area contributed by atoms with Gasteiger partial charge < -0.3 is 30.6 Å². The van der Waals surface area contributed by atoms with Crippen LogP contribution >= 0.6 is 0 Å². The number of aliphatic carboxylic acids is 2. The van der Waals surface area contributed by atoms with E-state index in [2.05, 4.69) is 0 Å². The molecule has 8 nitrogen and oxygen atoms in total. The number of rotatable bonds is 3. The van der Waals surface area contributed by atoms with Crippen LogP contribution < -0.4 is 0 Å². The molecule has 0 aromatic heterocycles. The molecule has 0 bridgehead atoms. The fraction of sp³-hybridized carbons (Fsp3) is 0.111. The second-order valence-corrected chi connectivity index (χ2v) is 5.92. The zero-order chi connectivity index (χ0) is 19.2. The van der Waals surface area contributed by atoms with E-state index in [1.807, 2.05) is 0 Å². The molecule has 0 heterocycles. The van der Waals surface area contributed by atoms with Gasteiger partial charge in [0.05, 0.1) is 11.5 Å². The van der Waals surface area contributed by atoms with Gasteiger partial charge in [0.15, 0.2) is 23.0 Å². The second-order valence-electron chi connectivity index (χ2n) is 5.92. The van der Waals surface area contributed by atoms with Gasteiger partial charge in [0, 0.05) is 5.92 Å². The first kappa shape index (κ1) is 17.2. The van der Waals surface area contributed by atoms with Crippen molar-refractivity contribution in [2.45, 2.75) is 5.92 Å². The topological polar surface area (TPSA) is 156 Å². The fourth-order valence-corrected chi connectivity index (χ4v) is 3.20. The highest BCUT2D eigenvalue weighted by atomic mass is 16.4. The average molecular weight is 358 g/mol. The van der Waals surface area contributed by atoms with E-state index in [0.717, 1.165) is 30.3 Å². The number of carboxylic acid groups (broad SMARTS) is 2. The third kappa shape index (κ3) is 2.67. The van der Waals surface area contributed by atoms with Crippen LogP contribution in [0.2, 0.25) is 0 Å². The molecule has 0 spiro atoms. The highest BCUT2D eigenvalue weighted by Crippen LogP contribution is 2.47. The van der Waals surface area contributed by atoms with Crippen molar-refractivity contribution in [1.82, 2.24) is 0 Å². The molecule has 0 amide bonds. The molecule has 6 N–H and O–H groups in total. The standard InChI is InChI=1S/C18H14O8/c19-11-2-1-7(4-12(11)20)15-9-6-14(22)13(21)5-8(9)3-10(17(23)24)16(15)18(25)26/h1-6,15-16,19-22H,(H,23,24)(H,25,26)/t15-,16?/m0/s1. The third-order valence-corrected chi connectivity index (χ3v) is 4.37. The highest BCUT2D eigenvalue weighted by molar-refractivity contribution is 6.00. The molecule has 0 radical (unpaired) electrons. The summed E-state index contributed by atoms with van der Waals surface area (Å²) in [6.07, 6.45) is 1.13. The highest BCUT2D eigenvalue weighted by Gasteiger charge is 2.41. The SMILES string of the molecule is O=C(O)C1=Cc2cc(O)c(O)cc2[C@H](c2ccc(O)c(O)c2)C1C(=O)O. The summed E-state index contributed by atoms with van der Waals surface area (Å²) < 4.78 is 0. The normalized spacial score (nSPS) is 18.7. The zero-order valence-corrected chi connectivity index (χ0v) is 13.1. The van der Waals surface area contributed by atoms with E-state index in [0.29, 0.717) is 0 Å². The Labute approximate surface area is 146 Å². The van der Waals surface area contributed by atoms with E-state index in [9.17, 15) is 40.2 Å². The van der Waals surface area contributed by atoms with Crippen molar-refractivity contribution in [3.63, 3.8) is 0 Å². The molecule has 0 aliphatic heterocycles. The summed E-state index contributed by atoms with van der Waals surface area (Å²) in [6, 6.07) is 5.94. The quantitative estimate of drug-likeness (QED) is 0.454. The van der Waals surface area contributed by atoms with Crippen molar-refractivity contribution in [1.29, 1.82) is 0 Å². The Kier molecular flexibility index (Phi) is 3.96. The molecule has 1 unspecified atom stereocenters. The van der Waals surface area contributed by atoms with Crippen molar-refractivity contribution >= 4 is 18.0 Å². The molecule has 0 fully saturated rings. The number of carboxylic acids is 2. The molecule has 8 heteroatoms. The lowest BCUT2D eigenvalue weighted by Gasteiger charge is -2.31. The number of hydrogen-bond donors (Lipinski definition) is 6. The van der Waals surface area contributed by atoms with Gasteiger partial charge in [0.1, 0.15) is 0 Å². The third-order valence-electron chi connectivity index (χ3n) is 4.37. The predicted molar refractivity (Wildman–Crippen MR) is 88.1 cm³/mol. The summed E-state index contributed by atoms with van der Waals surface area (Å²) in [5.74, 6) is -7.32. The molecule has 3 rings (SSSR count). The van der Waals surface area contributed by atoms with Gasteiger partial charge in [-0.15, -0.1) is 0 Å². The number of phenols is 4. The van der Waals surface area contributed by atoms with Crippen LogP contribution in [-0.2, 0) is 9.59 Å². The van der Waals surface area contributed by atoms with Crippen molar-refractivity contribution in [3.8, 4) is 23.0 Å². The first-order valence-corrected chi connectivity index (χ1v) is 7.46. The van der Waals surface area contributed by atoms with E-state index < -0.39 is 52.3 Å². The minimum absolute atomic E-state index is 0.228. The van der Waals surface area contributed by atoms with E-state index in [1.54, 1.807) is 0 Å². The van der Waals surface area contributed by atoms with E-state index in [1.165, 1.54) is 6.07 Å². The number of aromatic hydroxyl groups is 4. The van der Waals surface area contributed by atoms with Crippen LogP contribution in [0.15, 0.2) is 35.9 Å².